The van der Waals surface area contributed by atoms with Gasteiger partial charge in [-0.05, 0) is 34.4 Å². The lowest BCUT2D eigenvalue weighted by molar-refractivity contribution is 0.220. The number of nitrogens with zero attached hydrogens (tertiary/aromatic N) is 1. The van der Waals surface area contributed by atoms with Gasteiger partial charge in [-0.3, -0.25) is 0 Å². The van der Waals surface area contributed by atoms with E-state index < -0.39 is 6.10 Å². The maximum Gasteiger partial charge on any atom is 0.105 e. The second-order valence-electron chi connectivity index (χ2n) is 4.32. The summed E-state index contributed by atoms with van der Waals surface area (Å²) in [7, 11) is 0. The van der Waals surface area contributed by atoms with Gasteiger partial charge in [0.2, 0.25) is 0 Å². The van der Waals surface area contributed by atoms with Crippen LogP contribution in [0.2, 0.25) is 0 Å². The number of aliphatic hydroxyl groups excluding tert-OH is 1. The summed E-state index contributed by atoms with van der Waals surface area (Å²) in [5, 5.41) is 19.4. The van der Waals surface area contributed by atoms with Crippen molar-refractivity contribution in [2.24, 2.45) is 0 Å². The number of aliphatic hydroxyl groups is 1. The normalized spacial score (nSPS) is 16.3. The number of fused-ring (bicyclic) bond motifs is 2. The number of rotatable bonds is 0. The molecule has 1 aliphatic carbocycles. The van der Waals surface area contributed by atoms with Crippen molar-refractivity contribution in [3.05, 3.63) is 70.3 Å². The van der Waals surface area contributed by atoms with Crippen LogP contribution in [-0.4, -0.2) is 5.11 Å². The van der Waals surface area contributed by atoms with Crippen molar-refractivity contribution >= 4 is 12.2 Å². The molecule has 0 radical (unpaired) electrons. The van der Waals surface area contributed by atoms with Gasteiger partial charge in [0, 0.05) is 0 Å². The Labute approximate surface area is 105 Å². The van der Waals surface area contributed by atoms with Gasteiger partial charge in [0.05, 0.1) is 11.6 Å². The van der Waals surface area contributed by atoms with Gasteiger partial charge < -0.3 is 5.11 Å². The third-order valence-corrected chi connectivity index (χ3v) is 3.24. The minimum Gasteiger partial charge on any atom is -0.384 e. The van der Waals surface area contributed by atoms with E-state index in [0.717, 1.165) is 22.3 Å². The summed E-state index contributed by atoms with van der Waals surface area (Å²) in [6, 6.07) is 15.3. The second kappa shape index (κ2) is 4.14. The molecule has 0 fully saturated rings. The Morgan fingerprint density at radius 3 is 2.44 bits per heavy atom. The zero-order valence-electron chi connectivity index (χ0n) is 9.67. The first-order valence-electron chi connectivity index (χ1n) is 5.79. The topological polar surface area (TPSA) is 44.0 Å². The quantitative estimate of drug-likeness (QED) is 0.759. The van der Waals surface area contributed by atoms with E-state index in [1.54, 1.807) is 12.1 Å². The van der Waals surface area contributed by atoms with Gasteiger partial charge in [0.1, 0.15) is 6.10 Å². The minimum atomic E-state index is -0.681. The maximum absolute atomic E-state index is 10.5. The van der Waals surface area contributed by atoms with Crippen molar-refractivity contribution in [3.8, 4) is 6.07 Å². The highest BCUT2D eigenvalue weighted by molar-refractivity contribution is 5.76. The van der Waals surface area contributed by atoms with Gasteiger partial charge in [0.25, 0.3) is 0 Å². The SMILES string of the molecule is N#Cc1ccc2c(c1)C(O)c1ccccc1C=C2. The average Bonchev–Trinajstić information content (AvgIpc) is 2.57. The van der Waals surface area contributed by atoms with Crippen LogP contribution in [0.4, 0.5) is 0 Å². The van der Waals surface area contributed by atoms with Crippen molar-refractivity contribution in [2.45, 2.75) is 6.10 Å². The fourth-order valence-corrected chi connectivity index (χ4v) is 2.29. The molecule has 0 spiro atoms. The summed E-state index contributed by atoms with van der Waals surface area (Å²) >= 11 is 0. The van der Waals surface area contributed by atoms with E-state index >= 15 is 0 Å². The highest BCUT2D eigenvalue weighted by Gasteiger charge is 2.18. The van der Waals surface area contributed by atoms with Crippen LogP contribution in [0.5, 0.6) is 0 Å². The molecule has 0 saturated heterocycles. The van der Waals surface area contributed by atoms with Crippen LogP contribution >= 0.6 is 0 Å². The van der Waals surface area contributed by atoms with Crippen LogP contribution < -0.4 is 0 Å². The zero-order valence-corrected chi connectivity index (χ0v) is 9.67. The van der Waals surface area contributed by atoms with E-state index in [0.29, 0.717) is 5.56 Å². The Kier molecular flexibility index (Phi) is 2.47. The molecule has 0 aromatic heterocycles. The Balaban J connectivity index is 2.24. The van der Waals surface area contributed by atoms with Gasteiger partial charge in [0.15, 0.2) is 0 Å². The molecule has 2 heteroatoms. The van der Waals surface area contributed by atoms with Crippen molar-refractivity contribution in [2.75, 3.05) is 0 Å². The van der Waals surface area contributed by atoms with E-state index in [1.165, 1.54) is 0 Å². The fourth-order valence-electron chi connectivity index (χ4n) is 2.29. The molecule has 1 N–H and O–H groups in total. The molecule has 0 saturated carbocycles. The molecule has 0 bridgehead atoms. The summed E-state index contributed by atoms with van der Waals surface area (Å²) in [5.41, 5.74) is 4.20. The molecule has 2 aromatic rings. The van der Waals surface area contributed by atoms with Crippen LogP contribution in [0, 0.1) is 11.3 Å². The van der Waals surface area contributed by atoms with E-state index in [2.05, 4.69) is 6.07 Å². The lowest BCUT2D eigenvalue weighted by Gasteiger charge is -2.14. The van der Waals surface area contributed by atoms with Gasteiger partial charge in [-0.15, -0.1) is 0 Å². The molecular weight excluding hydrogens is 222 g/mol. The summed E-state index contributed by atoms with van der Waals surface area (Å²) < 4.78 is 0. The van der Waals surface area contributed by atoms with Crippen molar-refractivity contribution < 1.29 is 5.11 Å². The Bertz CT molecular complexity index is 680. The predicted octanol–water partition coefficient (Wildman–Crippen LogP) is 3.12. The molecule has 0 amide bonds. The van der Waals surface area contributed by atoms with Crippen LogP contribution in [0.1, 0.15) is 33.9 Å². The van der Waals surface area contributed by atoms with E-state index in [4.69, 9.17) is 5.26 Å². The standard InChI is InChI=1S/C16H11NO/c17-10-11-5-6-13-8-7-12-3-1-2-4-14(12)16(18)15(13)9-11/h1-9,16,18H. The molecular formula is C16H11NO. The molecule has 0 heterocycles. The monoisotopic (exact) mass is 233 g/mol. The number of hydrogen-bond donors (Lipinski definition) is 1. The van der Waals surface area contributed by atoms with E-state index in [1.807, 2.05) is 42.5 Å². The number of benzene rings is 2. The third-order valence-electron chi connectivity index (χ3n) is 3.24. The van der Waals surface area contributed by atoms with Crippen LogP contribution in [0.15, 0.2) is 42.5 Å². The van der Waals surface area contributed by atoms with Crippen LogP contribution in [0.25, 0.3) is 12.2 Å². The fraction of sp³-hybridized carbons (Fsp3) is 0.0625. The second-order valence-corrected chi connectivity index (χ2v) is 4.32. The lowest BCUT2D eigenvalue weighted by Crippen LogP contribution is -2.02. The van der Waals surface area contributed by atoms with Gasteiger partial charge >= 0.3 is 0 Å². The molecule has 1 unspecified atom stereocenters. The first-order chi connectivity index (χ1) is 8.79. The van der Waals surface area contributed by atoms with Gasteiger partial charge in [-0.25, -0.2) is 0 Å². The van der Waals surface area contributed by atoms with Crippen molar-refractivity contribution in [1.82, 2.24) is 0 Å². The first-order valence-corrected chi connectivity index (χ1v) is 5.79. The predicted molar refractivity (Wildman–Crippen MR) is 70.6 cm³/mol. The molecule has 3 rings (SSSR count). The smallest absolute Gasteiger partial charge is 0.105 e. The molecule has 0 aliphatic heterocycles. The number of hydrogen-bond acceptors (Lipinski definition) is 2. The maximum atomic E-state index is 10.5. The molecule has 1 atom stereocenters. The molecule has 2 aromatic carbocycles. The highest BCUT2D eigenvalue weighted by Crippen LogP contribution is 2.32. The first kappa shape index (κ1) is 10.8. The Hall–Kier alpha value is -2.37. The zero-order chi connectivity index (χ0) is 12.5. The summed E-state index contributed by atoms with van der Waals surface area (Å²) in [5.74, 6) is 0. The average molecular weight is 233 g/mol. The van der Waals surface area contributed by atoms with E-state index in [9.17, 15) is 5.11 Å². The summed E-state index contributed by atoms with van der Waals surface area (Å²) in [6.45, 7) is 0. The Morgan fingerprint density at radius 2 is 1.67 bits per heavy atom. The minimum absolute atomic E-state index is 0.570. The molecule has 86 valence electrons. The van der Waals surface area contributed by atoms with Crippen molar-refractivity contribution in [3.63, 3.8) is 0 Å². The highest BCUT2D eigenvalue weighted by atomic mass is 16.3. The largest absolute Gasteiger partial charge is 0.384 e. The van der Waals surface area contributed by atoms with Crippen LogP contribution in [-0.2, 0) is 0 Å². The molecule has 1 aliphatic rings. The summed E-state index contributed by atoms with van der Waals surface area (Å²) in [6.07, 6.45) is 3.29. The van der Waals surface area contributed by atoms with Gasteiger partial charge in [-0.1, -0.05) is 42.5 Å². The van der Waals surface area contributed by atoms with Crippen molar-refractivity contribution in [1.29, 1.82) is 5.26 Å². The molecule has 2 nitrogen and oxygen atoms in total. The Morgan fingerprint density at radius 1 is 0.944 bits per heavy atom. The summed E-state index contributed by atoms with van der Waals surface area (Å²) in [4.78, 5) is 0. The lowest BCUT2D eigenvalue weighted by atomic mass is 9.95. The van der Waals surface area contributed by atoms with Gasteiger partial charge in [-0.2, -0.15) is 5.26 Å². The van der Waals surface area contributed by atoms with E-state index in [-0.39, 0.29) is 0 Å². The third kappa shape index (κ3) is 1.62. The number of nitriles is 1. The molecule has 18 heavy (non-hydrogen) atoms. The van der Waals surface area contributed by atoms with Crippen LogP contribution in [0.3, 0.4) is 0 Å².